The lowest BCUT2D eigenvalue weighted by atomic mass is 9.98. The molecule has 0 aliphatic heterocycles. The number of anilines is 1. The van der Waals surface area contributed by atoms with Crippen molar-refractivity contribution in [3.8, 4) is 5.75 Å². The topological polar surface area (TPSA) is 55.4 Å². The van der Waals surface area contributed by atoms with Crippen LogP contribution in [0.15, 0.2) is 54.6 Å². The van der Waals surface area contributed by atoms with E-state index in [4.69, 9.17) is 4.74 Å². The Morgan fingerprint density at radius 2 is 1.86 bits per heavy atom. The second-order valence-electron chi connectivity index (χ2n) is 7.39. The van der Waals surface area contributed by atoms with Gasteiger partial charge in [0.2, 0.25) is 0 Å². The molecule has 0 saturated heterocycles. The van der Waals surface area contributed by atoms with Gasteiger partial charge in [-0.1, -0.05) is 30.3 Å². The van der Waals surface area contributed by atoms with E-state index < -0.39 is 0 Å². The van der Waals surface area contributed by atoms with Crippen molar-refractivity contribution < 1.29 is 14.3 Å². The lowest BCUT2D eigenvalue weighted by Crippen LogP contribution is -2.08. The molecule has 0 aromatic heterocycles. The van der Waals surface area contributed by atoms with Crippen molar-refractivity contribution in [2.75, 3.05) is 19.0 Å². The number of methoxy groups -OCH3 is 1. The summed E-state index contributed by atoms with van der Waals surface area (Å²) in [6.07, 6.45) is 3.65. The number of ketones is 1. The van der Waals surface area contributed by atoms with Gasteiger partial charge in [-0.25, -0.2) is 0 Å². The Balaban J connectivity index is 0.00000240. The molecule has 0 amide bonds. The van der Waals surface area contributed by atoms with Crippen LogP contribution in [0.1, 0.15) is 39.1 Å². The van der Waals surface area contributed by atoms with Gasteiger partial charge in [-0.05, 0) is 54.0 Å². The van der Waals surface area contributed by atoms with E-state index in [2.05, 4.69) is 5.32 Å². The van der Waals surface area contributed by atoms with E-state index in [9.17, 15) is 9.59 Å². The standard InChI is InChI=1S/C24H23NO3.ClH/c1-28-21-9-8-19-11-20(12-23(22(19)13-21)25-14-17-4-5-17)24(27)10-16-2-6-18(15-26)7-3-16;/h2-3,6-9,11-13,15,17,25H,4-5,10,14H2,1H3;1H. The number of carbonyl (C=O) groups is 2. The maximum Gasteiger partial charge on any atom is 0.167 e. The van der Waals surface area contributed by atoms with E-state index in [1.165, 1.54) is 12.8 Å². The van der Waals surface area contributed by atoms with E-state index in [0.29, 0.717) is 17.5 Å². The van der Waals surface area contributed by atoms with Gasteiger partial charge in [0.25, 0.3) is 0 Å². The number of fused-ring (bicyclic) bond motifs is 1. The van der Waals surface area contributed by atoms with Crippen LogP contribution in [0, 0.1) is 5.92 Å². The van der Waals surface area contributed by atoms with E-state index >= 15 is 0 Å². The molecule has 1 saturated carbocycles. The third-order valence-electron chi connectivity index (χ3n) is 5.24. The number of hydrogen-bond acceptors (Lipinski definition) is 4. The van der Waals surface area contributed by atoms with Crippen LogP contribution >= 0.6 is 12.4 Å². The molecule has 150 valence electrons. The predicted octanol–water partition coefficient (Wildman–Crippen LogP) is 5.33. The second-order valence-corrected chi connectivity index (χ2v) is 7.39. The number of Topliss-reactive ketones (excluding diaryl/α,β-unsaturated/α-hetero) is 1. The zero-order chi connectivity index (χ0) is 19.5. The summed E-state index contributed by atoms with van der Waals surface area (Å²) in [6.45, 7) is 0.928. The first-order valence-corrected chi connectivity index (χ1v) is 9.59. The third kappa shape index (κ3) is 4.96. The number of rotatable bonds is 8. The van der Waals surface area contributed by atoms with Gasteiger partial charge in [-0.2, -0.15) is 0 Å². The summed E-state index contributed by atoms with van der Waals surface area (Å²) in [5.41, 5.74) is 3.18. The van der Waals surface area contributed by atoms with Crippen LogP contribution in [-0.4, -0.2) is 25.7 Å². The first kappa shape index (κ1) is 20.9. The molecular weight excluding hydrogens is 386 g/mol. The summed E-state index contributed by atoms with van der Waals surface area (Å²) in [7, 11) is 1.66. The minimum Gasteiger partial charge on any atom is -0.497 e. The summed E-state index contributed by atoms with van der Waals surface area (Å²) >= 11 is 0. The Bertz CT molecular complexity index is 1030. The fraction of sp³-hybridized carbons (Fsp3) is 0.250. The van der Waals surface area contributed by atoms with Crippen LogP contribution in [0.3, 0.4) is 0 Å². The molecule has 0 radical (unpaired) electrons. The van der Waals surface area contributed by atoms with Crippen LogP contribution in [0.4, 0.5) is 5.69 Å². The van der Waals surface area contributed by atoms with E-state index in [-0.39, 0.29) is 18.2 Å². The molecule has 0 heterocycles. The summed E-state index contributed by atoms with van der Waals surface area (Å²) in [5.74, 6) is 1.60. The quantitative estimate of drug-likeness (QED) is 0.403. The van der Waals surface area contributed by atoms with Gasteiger partial charge >= 0.3 is 0 Å². The third-order valence-corrected chi connectivity index (χ3v) is 5.24. The Morgan fingerprint density at radius 1 is 1.10 bits per heavy atom. The first-order valence-electron chi connectivity index (χ1n) is 9.59. The lowest BCUT2D eigenvalue weighted by molar-refractivity contribution is 0.0993. The molecule has 1 aliphatic rings. The molecule has 0 bridgehead atoms. The van der Waals surface area contributed by atoms with Crippen molar-refractivity contribution in [1.82, 2.24) is 0 Å². The number of carbonyl (C=O) groups excluding carboxylic acids is 2. The number of nitrogens with one attached hydrogen (secondary N) is 1. The first-order chi connectivity index (χ1) is 13.7. The van der Waals surface area contributed by atoms with E-state index in [0.717, 1.165) is 46.5 Å². The largest absolute Gasteiger partial charge is 0.497 e. The maximum absolute atomic E-state index is 12.9. The number of benzene rings is 3. The Labute approximate surface area is 176 Å². The predicted molar refractivity (Wildman–Crippen MR) is 119 cm³/mol. The summed E-state index contributed by atoms with van der Waals surface area (Å²) in [6, 6.07) is 17.0. The zero-order valence-corrected chi connectivity index (χ0v) is 17.1. The SMILES string of the molecule is COc1ccc2cc(C(=O)Cc3ccc(C=O)cc3)cc(NCC3CC3)c2c1.Cl. The highest BCUT2D eigenvalue weighted by Gasteiger charge is 2.21. The number of hydrogen-bond donors (Lipinski definition) is 1. The fourth-order valence-corrected chi connectivity index (χ4v) is 3.35. The average molecular weight is 410 g/mol. The molecule has 4 rings (SSSR count). The highest BCUT2D eigenvalue weighted by molar-refractivity contribution is 6.05. The summed E-state index contributed by atoms with van der Waals surface area (Å²) in [4.78, 5) is 23.7. The highest BCUT2D eigenvalue weighted by Crippen LogP contribution is 2.33. The van der Waals surface area contributed by atoms with Crippen molar-refractivity contribution >= 4 is 40.9 Å². The molecule has 1 fully saturated rings. The minimum absolute atomic E-state index is 0. The summed E-state index contributed by atoms with van der Waals surface area (Å²) in [5, 5.41) is 5.61. The molecule has 29 heavy (non-hydrogen) atoms. The van der Waals surface area contributed by atoms with Crippen LogP contribution in [0.5, 0.6) is 5.75 Å². The van der Waals surface area contributed by atoms with E-state index in [1.54, 1.807) is 19.2 Å². The van der Waals surface area contributed by atoms with Gasteiger partial charge in [0.15, 0.2) is 5.78 Å². The summed E-state index contributed by atoms with van der Waals surface area (Å²) < 4.78 is 5.37. The molecule has 4 nitrogen and oxygen atoms in total. The van der Waals surface area contributed by atoms with Gasteiger partial charge in [-0.3, -0.25) is 9.59 Å². The molecule has 0 unspecified atom stereocenters. The molecule has 3 aromatic rings. The number of halogens is 1. The molecule has 0 atom stereocenters. The molecule has 3 aromatic carbocycles. The normalized spacial score (nSPS) is 12.9. The smallest absolute Gasteiger partial charge is 0.167 e. The van der Waals surface area contributed by atoms with Crippen LogP contribution in [-0.2, 0) is 6.42 Å². The van der Waals surface area contributed by atoms with Crippen LogP contribution in [0.2, 0.25) is 0 Å². The Morgan fingerprint density at radius 3 is 2.52 bits per heavy atom. The Kier molecular flexibility index (Phi) is 6.55. The molecular formula is C24H24ClNO3. The highest BCUT2D eigenvalue weighted by atomic mass is 35.5. The van der Waals surface area contributed by atoms with Crippen molar-refractivity contribution in [1.29, 1.82) is 0 Å². The number of aldehydes is 1. The van der Waals surface area contributed by atoms with Gasteiger partial charge in [-0.15, -0.1) is 12.4 Å². The van der Waals surface area contributed by atoms with Crippen molar-refractivity contribution in [3.05, 3.63) is 71.3 Å². The number of ether oxygens (including phenoxy) is 1. The molecule has 5 heteroatoms. The molecule has 0 spiro atoms. The van der Waals surface area contributed by atoms with Gasteiger partial charge in [0.05, 0.1) is 7.11 Å². The van der Waals surface area contributed by atoms with Gasteiger partial charge < -0.3 is 10.1 Å². The Hall–Kier alpha value is -2.85. The van der Waals surface area contributed by atoms with Crippen molar-refractivity contribution in [3.63, 3.8) is 0 Å². The fourth-order valence-electron chi connectivity index (χ4n) is 3.35. The molecule has 1 N–H and O–H groups in total. The van der Waals surface area contributed by atoms with Crippen molar-refractivity contribution in [2.45, 2.75) is 19.3 Å². The minimum atomic E-state index is 0. The van der Waals surface area contributed by atoms with Crippen LogP contribution in [0.25, 0.3) is 10.8 Å². The van der Waals surface area contributed by atoms with Gasteiger partial charge in [0.1, 0.15) is 12.0 Å². The molecule has 1 aliphatic carbocycles. The monoisotopic (exact) mass is 409 g/mol. The van der Waals surface area contributed by atoms with Crippen molar-refractivity contribution in [2.24, 2.45) is 5.92 Å². The van der Waals surface area contributed by atoms with Crippen LogP contribution < -0.4 is 10.1 Å². The van der Waals surface area contributed by atoms with E-state index in [1.807, 2.05) is 42.5 Å². The average Bonchev–Trinajstić information content (AvgIpc) is 3.56. The second kappa shape index (κ2) is 9.10. The zero-order valence-electron chi connectivity index (χ0n) is 16.3. The van der Waals surface area contributed by atoms with Gasteiger partial charge in [0, 0.05) is 35.2 Å². The lowest BCUT2D eigenvalue weighted by Gasteiger charge is -2.13. The maximum atomic E-state index is 12.9.